The van der Waals surface area contributed by atoms with Crippen molar-refractivity contribution in [3.05, 3.63) is 34.1 Å². The number of aliphatic hydroxyl groups is 1. The average Bonchev–Trinajstić information content (AvgIpc) is 2.40. The molecule has 0 heterocycles. The average molecular weight is 296 g/mol. The number of anilines is 1. The van der Waals surface area contributed by atoms with E-state index in [0.29, 0.717) is 12.8 Å². The minimum Gasteiger partial charge on any atom is -0.388 e. The van der Waals surface area contributed by atoms with E-state index in [2.05, 4.69) is 19.2 Å². The van der Waals surface area contributed by atoms with E-state index in [0.717, 1.165) is 18.9 Å². The molecule has 0 radical (unpaired) electrons. The van der Waals surface area contributed by atoms with E-state index in [1.807, 2.05) is 0 Å². The molecular weight excluding hydrogens is 275 g/mol. The summed E-state index contributed by atoms with van der Waals surface area (Å²) in [6.07, 6.45) is 3.07. The Labute approximate surface area is 123 Å². The van der Waals surface area contributed by atoms with Crippen LogP contribution in [0.5, 0.6) is 0 Å². The van der Waals surface area contributed by atoms with Gasteiger partial charge in [-0.05, 0) is 43.2 Å². The Morgan fingerprint density at radius 3 is 2.52 bits per heavy atom. The maximum atomic E-state index is 13.5. The summed E-state index contributed by atoms with van der Waals surface area (Å²) in [6, 6.07) is 3.93. The van der Waals surface area contributed by atoms with Crippen LogP contribution in [-0.4, -0.2) is 22.2 Å². The summed E-state index contributed by atoms with van der Waals surface area (Å²) in [5.41, 5.74) is -1.14. The number of nitro benzene ring substituents is 1. The van der Waals surface area contributed by atoms with E-state index in [9.17, 15) is 19.6 Å². The lowest BCUT2D eigenvalue weighted by molar-refractivity contribution is -0.386. The van der Waals surface area contributed by atoms with Crippen molar-refractivity contribution >= 4 is 11.4 Å². The molecule has 1 fully saturated rings. The quantitative estimate of drug-likeness (QED) is 0.659. The van der Waals surface area contributed by atoms with Crippen LogP contribution in [0, 0.1) is 21.3 Å². The minimum atomic E-state index is -0.893. The Bertz CT molecular complexity index is 536. The zero-order valence-corrected chi connectivity index (χ0v) is 12.4. The molecule has 0 spiro atoms. The highest BCUT2D eigenvalue weighted by Gasteiger charge is 2.36. The van der Waals surface area contributed by atoms with Gasteiger partial charge in [0, 0.05) is 6.54 Å². The van der Waals surface area contributed by atoms with Crippen LogP contribution in [-0.2, 0) is 0 Å². The Kier molecular flexibility index (Phi) is 4.18. The van der Waals surface area contributed by atoms with Gasteiger partial charge >= 0.3 is 5.69 Å². The van der Waals surface area contributed by atoms with Gasteiger partial charge in [0.15, 0.2) is 0 Å². The highest BCUT2D eigenvalue weighted by molar-refractivity contribution is 5.62. The van der Waals surface area contributed by atoms with Gasteiger partial charge in [0.1, 0.15) is 5.69 Å². The van der Waals surface area contributed by atoms with Crippen molar-refractivity contribution in [3.8, 4) is 0 Å². The SMILES string of the molecule is CC1(C)CCC(O)(CNc2cccc(F)c2[N+](=O)[O-])CC1. The van der Waals surface area contributed by atoms with Gasteiger partial charge in [0.05, 0.1) is 10.5 Å². The maximum absolute atomic E-state index is 13.5. The summed E-state index contributed by atoms with van der Waals surface area (Å²) in [6.45, 7) is 4.52. The molecule has 0 bridgehead atoms. The van der Waals surface area contributed by atoms with Crippen LogP contribution >= 0.6 is 0 Å². The first-order valence-corrected chi connectivity index (χ1v) is 7.12. The molecule has 1 aliphatic rings. The number of hydrogen-bond acceptors (Lipinski definition) is 4. The largest absolute Gasteiger partial charge is 0.388 e. The van der Waals surface area contributed by atoms with Crippen molar-refractivity contribution in [2.45, 2.75) is 45.1 Å². The highest BCUT2D eigenvalue weighted by Crippen LogP contribution is 2.40. The van der Waals surface area contributed by atoms with Crippen molar-refractivity contribution < 1.29 is 14.4 Å². The first-order valence-electron chi connectivity index (χ1n) is 7.12. The van der Waals surface area contributed by atoms with E-state index in [1.54, 1.807) is 0 Å². The normalized spacial score (nSPS) is 20.0. The topological polar surface area (TPSA) is 75.4 Å². The summed E-state index contributed by atoms with van der Waals surface area (Å²) in [5, 5.41) is 24.3. The lowest BCUT2D eigenvalue weighted by Gasteiger charge is -2.40. The fourth-order valence-electron chi connectivity index (χ4n) is 2.67. The van der Waals surface area contributed by atoms with Gasteiger partial charge in [-0.1, -0.05) is 19.9 Å². The summed E-state index contributed by atoms with van der Waals surface area (Å²) >= 11 is 0. The number of benzene rings is 1. The number of halogens is 1. The fourth-order valence-corrected chi connectivity index (χ4v) is 2.67. The number of nitro groups is 1. The van der Waals surface area contributed by atoms with Gasteiger partial charge in [-0.2, -0.15) is 4.39 Å². The van der Waals surface area contributed by atoms with Crippen LogP contribution < -0.4 is 5.32 Å². The molecule has 5 nitrogen and oxygen atoms in total. The number of nitrogens with zero attached hydrogens (tertiary/aromatic N) is 1. The third kappa shape index (κ3) is 3.69. The van der Waals surface area contributed by atoms with E-state index in [1.165, 1.54) is 12.1 Å². The predicted octanol–water partition coefficient (Wildman–Crippen LogP) is 3.48. The van der Waals surface area contributed by atoms with Gasteiger partial charge in [-0.25, -0.2) is 0 Å². The zero-order chi connectivity index (χ0) is 15.7. The molecular formula is C15H21FN2O3. The molecule has 1 aromatic carbocycles. The third-order valence-corrected chi connectivity index (χ3v) is 4.31. The van der Waals surface area contributed by atoms with Gasteiger partial charge < -0.3 is 10.4 Å². The molecule has 2 rings (SSSR count). The van der Waals surface area contributed by atoms with Crippen LogP contribution in [0.4, 0.5) is 15.8 Å². The molecule has 1 aromatic rings. The van der Waals surface area contributed by atoms with Crippen molar-refractivity contribution in [3.63, 3.8) is 0 Å². The fraction of sp³-hybridized carbons (Fsp3) is 0.600. The van der Waals surface area contributed by atoms with E-state index < -0.39 is 22.0 Å². The van der Waals surface area contributed by atoms with Crippen LogP contribution in [0.1, 0.15) is 39.5 Å². The van der Waals surface area contributed by atoms with Crippen molar-refractivity contribution in [1.82, 2.24) is 0 Å². The first-order chi connectivity index (χ1) is 9.72. The van der Waals surface area contributed by atoms with Crippen LogP contribution in [0.2, 0.25) is 0 Å². The lowest BCUT2D eigenvalue weighted by atomic mass is 9.71. The standard InChI is InChI=1S/C15H21FN2O3/c1-14(2)6-8-15(19,9-7-14)10-17-12-5-3-4-11(16)13(12)18(20)21/h3-5,17,19H,6-10H2,1-2H3. The molecule has 1 aliphatic carbocycles. The van der Waals surface area contributed by atoms with Crippen molar-refractivity contribution in [2.75, 3.05) is 11.9 Å². The van der Waals surface area contributed by atoms with Crippen LogP contribution in [0.25, 0.3) is 0 Å². The third-order valence-electron chi connectivity index (χ3n) is 4.31. The molecule has 0 unspecified atom stereocenters. The summed E-state index contributed by atoms with van der Waals surface area (Å²) in [4.78, 5) is 10.2. The van der Waals surface area contributed by atoms with Crippen LogP contribution in [0.3, 0.4) is 0 Å². The Morgan fingerprint density at radius 1 is 1.33 bits per heavy atom. The molecule has 0 saturated heterocycles. The van der Waals surface area contributed by atoms with E-state index >= 15 is 0 Å². The second-order valence-electron chi connectivity index (χ2n) is 6.64. The van der Waals surface area contributed by atoms with Crippen molar-refractivity contribution in [2.24, 2.45) is 5.41 Å². The molecule has 2 N–H and O–H groups in total. The van der Waals surface area contributed by atoms with Gasteiger partial charge in [-0.3, -0.25) is 10.1 Å². The molecule has 0 aliphatic heterocycles. The predicted molar refractivity (Wildman–Crippen MR) is 78.7 cm³/mol. The smallest absolute Gasteiger partial charge is 0.327 e. The lowest BCUT2D eigenvalue weighted by Crippen LogP contribution is -2.42. The molecule has 116 valence electrons. The van der Waals surface area contributed by atoms with Gasteiger partial charge in [0.2, 0.25) is 5.82 Å². The van der Waals surface area contributed by atoms with E-state index in [-0.39, 0.29) is 17.6 Å². The number of hydrogen-bond donors (Lipinski definition) is 2. The molecule has 0 amide bonds. The first kappa shape index (κ1) is 15.7. The van der Waals surface area contributed by atoms with E-state index in [4.69, 9.17) is 0 Å². The summed E-state index contributed by atoms with van der Waals surface area (Å²) < 4.78 is 13.5. The minimum absolute atomic E-state index is 0.109. The second kappa shape index (κ2) is 5.60. The van der Waals surface area contributed by atoms with Crippen LogP contribution in [0.15, 0.2) is 18.2 Å². The summed E-state index contributed by atoms with van der Waals surface area (Å²) in [5.74, 6) is -0.873. The van der Waals surface area contributed by atoms with Gasteiger partial charge in [-0.15, -0.1) is 0 Å². The molecule has 6 heteroatoms. The number of para-hydroxylation sites is 1. The molecule has 0 aromatic heterocycles. The van der Waals surface area contributed by atoms with Crippen molar-refractivity contribution in [1.29, 1.82) is 0 Å². The second-order valence-corrected chi connectivity index (χ2v) is 6.64. The molecule has 21 heavy (non-hydrogen) atoms. The number of nitrogens with one attached hydrogen (secondary N) is 1. The highest BCUT2D eigenvalue weighted by atomic mass is 19.1. The number of rotatable bonds is 4. The molecule has 1 saturated carbocycles. The Balaban J connectivity index is 2.07. The Hall–Kier alpha value is -1.69. The maximum Gasteiger partial charge on any atom is 0.327 e. The van der Waals surface area contributed by atoms with Gasteiger partial charge in [0.25, 0.3) is 0 Å². The summed E-state index contributed by atoms with van der Waals surface area (Å²) in [7, 11) is 0. The Morgan fingerprint density at radius 2 is 1.95 bits per heavy atom. The zero-order valence-electron chi connectivity index (χ0n) is 12.4. The molecule has 0 atom stereocenters. The monoisotopic (exact) mass is 296 g/mol.